The average Bonchev–Trinajstić information content (AvgIpc) is 3.10. The van der Waals surface area contributed by atoms with E-state index in [2.05, 4.69) is 0 Å². The van der Waals surface area contributed by atoms with E-state index in [9.17, 15) is 18.4 Å². The second kappa shape index (κ2) is 9.01. The first kappa shape index (κ1) is 20.7. The molecule has 0 aliphatic carbocycles. The van der Waals surface area contributed by atoms with Gasteiger partial charge in [-0.15, -0.1) is 11.3 Å². The van der Waals surface area contributed by atoms with Crippen molar-refractivity contribution in [2.24, 2.45) is 5.92 Å². The fourth-order valence-corrected chi connectivity index (χ4v) is 4.49. The number of benzene rings is 1. The second-order valence-electron chi connectivity index (χ2n) is 6.75. The van der Waals surface area contributed by atoms with Gasteiger partial charge in [0.2, 0.25) is 5.91 Å². The molecule has 0 atom stereocenters. The molecule has 0 unspecified atom stereocenters. The molecule has 2 heterocycles. The van der Waals surface area contributed by atoms with Crippen molar-refractivity contribution in [2.45, 2.75) is 26.3 Å². The number of hydrogen-bond acceptors (Lipinski definition) is 3. The number of piperidine rings is 1. The van der Waals surface area contributed by atoms with Crippen LogP contribution >= 0.6 is 22.9 Å². The molecular formula is C20H21ClF2N2O2S. The molecule has 0 spiro atoms. The van der Waals surface area contributed by atoms with E-state index in [1.54, 1.807) is 4.90 Å². The van der Waals surface area contributed by atoms with E-state index in [0.717, 1.165) is 17.0 Å². The van der Waals surface area contributed by atoms with Crippen molar-refractivity contribution in [3.8, 4) is 0 Å². The maximum Gasteiger partial charge on any atom is 0.256 e. The summed E-state index contributed by atoms with van der Waals surface area (Å²) in [5, 5.41) is 0. The van der Waals surface area contributed by atoms with E-state index in [0.29, 0.717) is 49.4 Å². The highest BCUT2D eigenvalue weighted by atomic mass is 35.5. The average molecular weight is 427 g/mol. The number of hydrogen-bond donors (Lipinski definition) is 0. The molecule has 0 bridgehead atoms. The third kappa shape index (κ3) is 4.70. The maximum atomic E-state index is 13.9. The molecule has 1 aromatic heterocycles. The van der Waals surface area contributed by atoms with Gasteiger partial charge in [-0.05, 0) is 44.0 Å². The molecule has 1 saturated heterocycles. The molecule has 2 aromatic rings. The molecule has 0 saturated carbocycles. The zero-order valence-corrected chi connectivity index (χ0v) is 17.0. The van der Waals surface area contributed by atoms with Crippen molar-refractivity contribution in [3.63, 3.8) is 0 Å². The van der Waals surface area contributed by atoms with Crippen LogP contribution in [-0.4, -0.2) is 41.2 Å². The molecule has 28 heavy (non-hydrogen) atoms. The van der Waals surface area contributed by atoms with Gasteiger partial charge in [0.05, 0.1) is 16.4 Å². The minimum absolute atomic E-state index is 0.0621. The van der Waals surface area contributed by atoms with Crippen molar-refractivity contribution < 1.29 is 18.4 Å². The van der Waals surface area contributed by atoms with Crippen LogP contribution in [0.5, 0.6) is 0 Å². The van der Waals surface area contributed by atoms with E-state index in [-0.39, 0.29) is 17.4 Å². The molecule has 1 fully saturated rings. The first-order chi connectivity index (χ1) is 13.4. The molecule has 3 rings (SSSR count). The van der Waals surface area contributed by atoms with Crippen LogP contribution in [0.25, 0.3) is 0 Å². The van der Waals surface area contributed by atoms with Gasteiger partial charge < -0.3 is 9.80 Å². The zero-order valence-electron chi connectivity index (χ0n) is 15.5. The summed E-state index contributed by atoms with van der Waals surface area (Å²) in [5.74, 6) is -2.16. The zero-order chi connectivity index (χ0) is 20.3. The molecule has 0 N–H and O–H groups in total. The van der Waals surface area contributed by atoms with Crippen molar-refractivity contribution in [1.82, 2.24) is 9.80 Å². The minimum Gasteiger partial charge on any atom is -0.339 e. The van der Waals surface area contributed by atoms with E-state index in [1.165, 1.54) is 16.2 Å². The highest BCUT2D eigenvalue weighted by Crippen LogP contribution is 2.26. The van der Waals surface area contributed by atoms with Gasteiger partial charge in [0.15, 0.2) is 0 Å². The molecule has 1 aromatic carbocycles. The van der Waals surface area contributed by atoms with Crippen LogP contribution < -0.4 is 0 Å². The Morgan fingerprint density at radius 2 is 1.93 bits per heavy atom. The summed E-state index contributed by atoms with van der Waals surface area (Å²) in [5.41, 5.74) is -0.143. The van der Waals surface area contributed by atoms with Gasteiger partial charge in [-0.25, -0.2) is 8.78 Å². The van der Waals surface area contributed by atoms with Gasteiger partial charge in [0.1, 0.15) is 11.6 Å². The Balaban J connectivity index is 1.59. The Kier molecular flexibility index (Phi) is 6.67. The Morgan fingerprint density at radius 3 is 2.50 bits per heavy atom. The van der Waals surface area contributed by atoms with Gasteiger partial charge in [0, 0.05) is 36.5 Å². The molecule has 1 aliphatic rings. The maximum absolute atomic E-state index is 13.9. The van der Waals surface area contributed by atoms with Crippen LogP contribution in [0, 0.1) is 17.6 Å². The van der Waals surface area contributed by atoms with E-state index in [4.69, 9.17) is 11.6 Å². The highest BCUT2D eigenvalue weighted by molar-refractivity contribution is 7.16. The van der Waals surface area contributed by atoms with Gasteiger partial charge in [0.25, 0.3) is 5.91 Å². The summed E-state index contributed by atoms with van der Waals surface area (Å²) in [6.07, 6.45) is 1.05. The van der Waals surface area contributed by atoms with Crippen molar-refractivity contribution in [2.75, 3.05) is 19.6 Å². The SMILES string of the molecule is CCN(Cc1ccc(Cl)s1)C(=O)C1CCN(C(=O)c2ccc(F)cc2F)CC1. The van der Waals surface area contributed by atoms with Gasteiger partial charge in [-0.3, -0.25) is 9.59 Å². The second-order valence-corrected chi connectivity index (χ2v) is 8.55. The lowest BCUT2D eigenvalue weighted by molar-refractivity contribution is -0.137. The summed E-state index contributed by atoms with van der Waals surface area (Å²) in [6, 6.07) is 6.68. The predicted octanol–water partition coefficient (Wildman–Crippen LogP) is 4.58. The summed E-state index contributed by atoms with van der Waals surface area (Å²) >= 11 is 7.42. The number of carbonyl (C=O) groups excluding carboxylic acids is 2. The standard InChI is InChI=1S/C20H21ClF2N2O2S/c1-2-24(12-15-4-6-18(21)28-15)19(26)13-7-9-25(10-8-13)20(27)16-5-3-14(22)11-17(16)23/h3-6,11,13H,2,7-10,12H2,1H3. The molecular weight excluding hydrogens is 406 g/mol. The number of carbonyl (C=O) groups is 2. The van der Waals surface area contributed by atoms with Gasteiger partial charge in [-0.1, -0.05) is 11.6 Å². The van der Waals surface area contributed by atoms with Crippen LogP contribution in [0.1, 0.15) is 35.0 Å². The lowest BCUT2D eigenvalue weighted by atomic mass is 9.94. The Labute approximate surface area is 171 Å². The van der Waals surface area contributed by atoms with Crippen LogP contribution in [0.4, 0.5) is 8.78 Å². The van der Waals surface area contributed by atoms with E-state index < -0.39 is 17.5 Å². The number of thiophene rings is 1. The number of halogens is 3. The number of rotatable bonds is 5. The largest absolute Gasteiger partial charge is 0.339 e. The first-order valence-electron chi connectivity index (χ1n) is 9.16. The monoisotopic (exact) mass is 426 g/mol. The highest BCUT2D eigenvalue weighted by Gasteiger charge is 2.31. The third-order valence-corrected chi connectivity index (χ3v) is 6.18. The smallest absolute Gasteiger partial charge is 0.256 e. The predicted molar refractivity (Wildman–Crippen MR) is 105 cm³/mol. The van der Waals surface area contributed by atoms with Crippen LogP contribution in [0.3, 0.4) is 0 Å². The van der Waals surface area contributed by atoms with Crippen molar-refractivity contribution in [3.05, 3.63) is 56.7 Å². The first-order valence-corrected chi connectivity index (χ1v) is 10.4. The van der Waals surface area contributed by atoms with Crippen molar-refractivity contribution in [1.29, 1.82) is 0 Å². The Bertz CT molecular complexity index is 866. The van der Waals surface area contributed by atoms with Crippen molar-refractivity contribution >= 4 is 34.8 Å². The molecule has 4 nitrogen and oxygen atoms in total. The van der Waals surface area contributed by atoms with E-state index in [1.807, 2.05) is 19.1 Å². The Morgan fingerprint density at radius 1 is 1.21 bits per heavy atom. The third-order valence-electron chi connectivity index (χ3n) is 4.96. The van der Waals surface area contributed by atoms with Crippen LogP contribution in [-0.2, 0) is 11.3 Å². The van der Waals surface area contributed by atoms with Crippen LogP contribution in [0.15, 0.2) is 30.3 Å². The molecule has 0 radical (unpaired) electrons. The fraction of sp³-hybridized carbons (Fsp3) is 0.400. The summed E-state index contributed by atoms with van der Waals surface area (Å²) in [4.78, 5) is 29.7. The Hall–Kier alpha value is -1.99. The molecule has 150 valence electrons. The van der Waals surface area contributed by atoms with Gasteiger partial charge in [-0.2, -0.15) is 0 Å². The fourth-order valence-electron chi connectivity index (χ4n) is 3.39. The molecule has 2 amide bonds. The molecule has 1 aliphatic heterocycles. The summed E-state index contributed by atoms with van der Waals surface area (Å²) in [7, 11) is 0. The normalized spacial score (nSPS) is 14.9. The number of likely N-dealkylation sites (tertiary alicyclic amines) is 1. The van der Waals surface area contributed by atoms with Crippen LogP contribution in [0.2, 0.25) is 4.34 Å². The minimum atomic E-state index is -0.866. The topological polar surface area (TPSA) is 40.6 Å². The lowest BCUT2D eigenvalue weighted by Crippen LogP contribution is -2.44. The van der Waals surface area contributed by atoms with Gasteiger partial charge >= 0.3 is 0 Å². The summed E-state index contributed by atoms with van der Waals surface area (Å²) < 4.78 is 27.6. The molecule has 8 heteroatoms. The summed E-state index contributed by atoms with van der Waals surface area (Å²) in [6.45, 7) is 3.78. The number of amides is 2. The lowest BCUT2D eigenvalue weighted by Gasteiger charge is -2.34. The quantitative estimate of drug-likeness (QED) is 0.702. The number of nitrogens with zero attached hydrogens (tertiary/aromatic N) is 2. The van der Waals surface area contributed by atoms with E-state index >= 15 is 0 Å².